The first kappa shape index (κ1) is 28.3. The van der Waals surface area contributed by atoms with Gasteiger partial charge in [0.25, 0.3) is 0 Å². The summed E-state index contributed by atoms with van der Waals surface area (Å²) in [5.74, 6) is 1.11. The molecule has 1 aliphatic heterocycles. The Morgan fingerprint density at radius 1 is 1.21 bits per heavy atom. The molecule has 204 valence electrons. The molecule has 1 saturated heterocycles. The number of nitrogens with zero attached hydrogens (tertiary/aromatic N) is 2. The minimum absolute atomic E-state index is 0.137. The van der Waals surface area contributed by atoms with E-state index in [0.717, 1.165) is 60.4 Å². The van der Waals surface area contributed by atoms with Crippen molar-refractivity contribution in [2.45, 2.75) is 49.6 Å². The molecule has 38 heavy (non-hydrogen) atoms. The lowest BCUT2D eigenvalue weighted by atomic mass is 9.79. The zero-order valence-corrected chi connectivity index (χ0v) is 22.6. The number of hydrogen-bond acceptors (Lipinski definition) is 5. The Kier molecular flexibility index (Phi) is 10.4. The molecule has 0 amide bonds. The monoisotopic (exact) mass is 542 g/mol. The largest absolute Gasteiger partial charge is 0.497 e. The molecule has 1 aromatic heterocycles. The summed E-state index contributed by atoms with van der Waals surface area (Å²) in [6.07, 6.45) is 4.32. The number of carboxylic acid groups (broad SMARTS) is 1. The second-order valence-electron chi connectivity index (χ2n) is 10.0. The molecule has 5 nitrogen and oxygen atoms in total. The maximum absolute atomic E-state index is 15.5. The normalized spacial score (nSPS) is 18.9. The van der Waals surface area contributed by atoms with Crippen LogP contribution >= 0.6 is 11.8 Å². The zero-order valence-electron chi connectivity index (χ0n) is 21.8. The van der Waals surface area contributed by atoms with E-state index in [4.69, 9.17) is 4.74 Å². The van der Waals surface area contributed by atoms with E-state index in [-0.39, 0.29) is 18.2 Å². The minimum atomic E-state index is -1.12. The van der Waals surface area contributed by atoms with Gasteiger partial charge in [-0.25, -0.2) is 8.78 Å². The number of aliphatic carboxylic acids is 1. The van der Waals surface area contributed by atoms with Crippen LogP contribution in [0.1, 0.15) is 50.3 Å². The molecule has 4 rings (SSSR count). The highest BCUT2D eigenvalue weighted by molar-refractivity contribution is 7.99. The first-order chi connectivity index (χ1) is 18.4. The molecule has 1 aliphatic rings. The van der Waals surface area contributed by atoms with E-state index >= 15 is 4.39 Å². The Morgan fingerprint density at radius 3 is 2.87 bits per heavy atom. The summed E-state index contributed by atoms with van der Waals surface area (Å²) in [7, 11) is 1.59. The van der Waals surface area contributed by atoms with Gasteiger partial charge in [-0.3, -0.25) is 9.78 Å². The molecular formula is C30H36F2N2O3S. The van der Waals surface area contributed by atoms with Gasteiger partial charge in [0.2, 0.25) is 0 Å². The molecule has 1 N–H and O–H groups in total. The molecule has 3 aromatic rings. The number of fused-ring (bicyclic) bond motifs is 1. The van der Waals surface area contributed by atoms with Gasteiger partial charge in [0.1, 0.15) is 17.7 Å². The highest BCUT2D eigenvalue weighted by atomic mass is 32.2. The van der Waals surface area contributed by atoms with Gasteiger partial charge in [0.15, 0.2) is 0 Å². The number of methoxy groups -OCH3 is 1. The predicted molar refractivity (Wildman–Crippen MR) is 148 cm³/mol. The van der Waals surface area contributed by atoms with Crippen molar-refractivity contribution >= 4 is 28.6 Å². The third-order valence-corrected chi connectivity index (χ3v) is 8.58. The van der Waals surface area contributed by atoms with Crippen LogP contribution in [0.5, 0.6) is 5.75 Å². The molecule has 8 heteroatoms. The number of hydrogen-bond donors (Lipinski definition) is 1. The Balaban J connectivity index is 1.32. The van der Waals surface area contributed by atoms with Crippen molar-refractivity contribution in [3.8, 4) is 5.75 Å². The van der Waals surface area contributed by atoms with E-state index in [1.54, 1.807) is 43.3 Å². The van der Waals surface area contributed by atoms with Crippen molar-refractivity contribution in [2.24, 2.45) is 11.8 Å². The Labute approximate surface area is 227 Å². The number of carbonyl (C=O) groups is 1. The number of alkyl halides is 1. The molecular weight excluding hydrogens is 506 g/mol. The van der Waals surface area contributed by atoms with E-state index < -0.39 is 12.1 Å². The molecule has 0 aliphatic carbocycles. The van der Waals surface area contributed by atoms with Gasteiger partial charge in [-0.1, -0.05) is 6.07 Å². The molecule has 0 unspecified atom stereocenters. The molecule has 0 bridgehead atoms. The van der Waals surface area contributed by atoms with Gasteiger partial charge in [0.05, 0.1) is 12.6 Å². The maximum atomic E-state index is 15.5. The van der Waals surface area contributed by atoms with Crippen LogP contribution < -0.4 is 4.74 Å². The van der Waals surface area contributed by atoms with Gasteiger partial charge in [-0.2, -0.15) is 0 Å². The lowest BCUT2D eigenvalue weighted by Crippen LogP contribution is -2.41. The standard InChI is InChI=1S/C30H36F2N2O3S/c1-37-24-8-10-29-27(19-24)26(12-14-33-29)28(32)9-6-21-13-16-34(20-22(21)7-11-30(35)36)15-3-17-38-25-5-2-4-23(31)18-25/h2,4-5,8,10,12,14,18-19,21-22,28H,3,6-7,9,11,13,15-17,20H2,1H3,(H,35,36)/t21-,22-,28-/m1/s1. The molecule has 0 saturated carbocycles. The van der Waals surface area contributed by atoms with E-state index in [1.165, 1.54) is 6.07 Å². The third-order valence-electron chi connectivity index (χ3n) is 7.50. The second-order valence-corrected chi connectivity index (χ2v) is 11.2. The van der Waals surface area contributed by atoms with E-state index in [9.17, 15) is 14.3 Å². The van der Waals surface area contributed by atoms with Gasteiger partial charge < -0.3 is 14.7 Å². The zero-order chi connectivity index (χ0) is 26.9. The first-order valence-electron chi connectivity index (χ1n) is 13.3. The molecule has 0 spiro atoms. The fraction of sp³-hybridized carbons (Fsp3) is 0.467. The average molecular weight is 543 g/mol. The lowest BCUT2D eigenvalue weighted by molar-refractivity contribution is -0.137. The van der Waals surface area contributed by atoms with Crippen LogP contribution in [-0.2, 0) is 4.79 Å². The second kappa shape index (κ2) is 13.9. The fourth-order valence-electron chi connectivity index (χ4n) is 5.47. The number of rotatable bonds is 13. The maximum Gasteiger partial charge on any atom is 0.303 e. The molecule has 1 fully saturated rings. The SMILES string of the molecule is COc1ccc2nccc([C@H](F)CC[C@@H]3CCN(CCCSc4cccc(F)c4)C[C@H]3CCC(=O)O)c2c1. The number of ether oxygens (including phenoxy) is 1. The lowest BCUT2D eigenvalue weighted by Gasteiger charge is -2.39. The van der Waals surface area contributed by atoms with Gasteiger partial charge >= 0.3 is 5.97 Å². The van der Waals surface area contributed by atoms with Crippen molar-refractivity contribution in [2.75, 3.05) is 32.5 Å². The Hall–Kier alpha value is -2.71. The van der Waals surface area contributed by atoms with Crippen LogP contribution in [0.2, 0.25) is 0 Å². The molecule has 0 radical (unpaired) electrons. The van der Waals surface area contributed by atoms with Crippen molar-refractivity contribution in [3.05, 3.63) is 66.1 Å². The smallest absolute Gasteiger partial charge is 0.303 e. The van der Waals surface area contributed by atoms with Crippen LogP contribution in [0.25, 0.3) is 10.9 Å². The number of aromatic nitrogens is 1. The number of benzene rings is 2. The van der Waals surface area contributed by atoms with Crippen LogP contribution in [0.15, 0.2) is 59.6 Å². The van der Waals surface area contributed by atoms with Gasteiger partial charge in [-0.15, -0.1) is 11.8 Å². The van der Waals surface area contributed by atoms with Crippen LogP contribution in [0.3, 0.4) is 0 Å². The summed E-state index contributed by atoms with van der Waals surface area (Å²) in [6, 6.07) is 13.9. The summed E-state index contributed by atoms with van der Waals surface area (Å²) in [5, 5.41) is 10.1. The van der Waals surface area contributed by atoms with Gasteiger partial charge in [-0.05, 0) is 111 Å². The summed E-state index contributed by atoms with van der Waals surface area (Å²) >= 11 is 1.65. The number of thioether (sulfide) groups is 1. The summed E-state index contributed by atoms with van der Waals surface area (Å²) < 4.78 is 34.3. The summed E-state index contributed by atoms with van der Waals surface area (Å²) in [5.41, 5.74) is 1.37. The molecule has 3 atom stereocenters. The van der Waals surface area contributed by atoms with Crippen molar-refractivity contribution in [1.82, 2.24) is 9.88 Å². The van der Waals surface area contributed by atoms with Crippen molar-refractivity contribution < 1.29 is 23.4 Å². The fourth-order valence-corrected chi connectivity index (χ4v) is 6.35. The number of likely N-dealkylation sites (tertiary alicyclic amines) is 1. The number of carboxylic acids is 1. The van der Waals surface area contributed by atoms with Crippen molar-refractivity contribution in [3.63, 3.8) is 0 Å². The average Bonchev–Trinajstić information content (AvgIpc) is 2.92. The predicted octanol–water partition coefficient (Wildman–Crippen LogP) is 7.16. The number of pyridine rings is 1. The van der Waals surface area contributed by atoms with Crippen molar-refractivity contribution in [1.29, 1.82) is 0 Å². The van der Waals surface area contributed by atoms with E-state index in [2.05, 4.69) is 9.88 Å². The quantitative estimate of drug-likeness (QED) is 0.183. The van der Waals surface area contributed by atoms with Gasteiger partial charge in [0, 0.05) is 29.4 Å². The number of halogens is 2. The minimum Gasteiger partial charge on any atom is -0.497 e. The highest BCUT2D eigenvalue weighted by Crippen LogP contribution is 2.36. The number of piperidine rings is 1. The van der Waals surface area contributed by atoms with Crippen LogP contribution in [0, 0.1) is 17.7 Å². The highest BCUT2D eigenvalue weighted by Gasteiger charge is 2.30. The van der Waals surface area contributed by atoms with E-state index in [0.29, 0.717) is 30.1 Å². The molecule has 2 aromatic carbocycles. The Bertz CT molecular complexity index is 1210. The summed E-state index contributed by atoms with van der Waals surface area (Å²) in [6.45, 7) is 2.70. The van der Waals surface area contributed by atoms with Crippen LogP contribution in [-0.4, -0.2) is 53.5 Å². The Morgan fingerprint density at radius 2 is 2.08 bits per heavy atom. The topological polar surface area (TPSA) is 62.7 Å². The third kappa shape index (κ3) is 7.90. The summed E-state index contributed by atoms with van der Waals surface area (Å²) in [4.78, 5) is 19.0. The molecule has 2 heterocycles. The van der Waals surface area contributed by atoms with E-state index in [1.807, 2.05) is 24.3 Å². The van der Waals surface area contributed by atoms with Crippen LogP contribution in [0.4, 0.5) is 8.78 Å². The first-order valence-corrected chi connectivity index (χ1v) is 14.3.